The molecule has 0 aliphatic heterocycles. The molecule has 1 atom stereocenters. The van der Waals surface area contributed by atoms with Gasteiger partial charge in [-0.25, -0.2) is 0 Å². The Hall–Kier alpha value is -1.72. The third-order valence-electron chi connectivity index (χ3n) is 3.20. The van der Waals surface area contributed by atoms with Crippen molar-refractivity contribution < 1.29 is 14.3 Å². The summed E-state index contributed by atoms with van der Waals surface area (Å²) >= 11 is 1.63. The first kappa shape index (κ1) is 16.6. The topological polar surface area (TPSA) is 62.5 Å². The van der Waals surface area contributed by atoms with Gasteiger partial charge in [-0.05, 0) is 36.9 Å². The number of aliphatic hydroxyl groups is 1. The second-order valence-corrected chi connectivity index (χ2v) is 6.67. The normalized spacial score (nSPS) is 13.6. The van der Waals surface area contributed by atoms with Crippen molar-refractivity contribution in [3.8, 4) is 0 Å². The summed E-state index contributed by atoms with van der Waals surface area (Å²) in [6.07, 6.45) is 1.92. The van der Waals surface area contributed by atoms with Crippen molar-refractivity contribution in [2.75, 3.05) is 12.3 Å². The van der Waals surface area contributed by atoms with Gasteiger partial charge < -0.3 is 14.8 Å². The summed E-state index contributed by atoms with van der Waals surface area (Å²) in [5.41, 5.74) is -0.413. The van der Waals surface area contributed by atoms with Crippen LogP contribution in [0.25, 0.3) is 0 Å². The predicted molar refractivity (Wildman–Crippen MR) is 88.2 cm³/mol. The lowest BCUT2D eigenvalue weighted by Gasteiger charge is -2.22. The fourth-order valence-corrected chi connectivity index (χ4v) is 2.95. The minimum absolute atomic E-state index is 0.164. The molecule has 1 aromatic carbocycles. The molecule has 1 aromatic heterocycles. The van der Waals surface area contributed by atoms with Gasteiger partial charge in [0.25, 0.3) is 5.91 Å². The molecule has 118 valence electrons. The van der Waals surface area contributed by atoms with E-state index in [1.807, 2.05) is 31.2 Å². The highest BCUT2D eigenvalue weighted by atomic mass is 32.2. The third-order valence-corrected chi connectivity index (χ3v) is 4.15. The molecule has 0 aliphatic carbocycles. The van der Waals surface area contributed by atoms with Gasteiger partial charge >= 0.3 is 0 Å². The van der Waals surface area contributed by atoms with Crippen molar-refractivity contribution in [3.63, 3.8) is 0 Å². The van der Waals surface area contributed by atoms with E-state index in [4.69, 9.17) is 4.42 Å². The molecule has 0 saturated heterocycles. The van der Waals surface area contributed by atoms with Crippen molar-refractivity contribution >= 4 is 17.7 Å². The Morgan fingerprint density at radius 1 is 1.32 bits per heavy atom. The maximum atomic E-state index is 12.3. The molecule has 2 rings (SSSR count). The Morgan fingerprint density at radius 2 is 2.09 bits per heavy atom. The first-order valence-corrected chi connectivity index (χ1v) is 8.25. The van der Waals surface area contributed by atoms with E-state index in [1.54, 1.807) is 37.1 Å². The van der Waals surface area contributed by atoms with Crippen LogP contribution in [0.1, 0.15) is 30.0 Å². The zero-order valence-electron chi connectivity index (χ0n) is 12.8. The van der Waals surface area contributed by atoms with Gasteiger partial charge in [-0.15, -0.1) is 11.8 Å². The fraction of sp³-hybridized carbons (Fsp3) is 0.353. The second-order valence-electron chi connectivity index (χ2n) is 5.36. The lowest BCUT2D eigenvalue weighted by Crippen LogP contribution is -2.42. The molecule has 2 aromatic rings. The smallest absolute Gasteiger partial charge is 0.252 e. The van der Waals surface area contributed by atoms with Crippen LogP contribution in [0, 0.1) is 0 Å². The minimum atomic E-state index is -1.06. The molecule has 0 bridgehead atoms. The summed E-state index contributed by atoms with van der Waals surface area (Å²) in [5.74, 6) is 1.43. The molecule has 0 fully saturated rings. The monoisotopic (exact) mass is 319 g/mol. The van der Waals surface area contributed by atoms with Crippen LogP contribution in [0.3, 0.4) is 0 Å². The van der Waals surface area contributed by atoms with Gasteiger partial charge in [-0.3, -0.25) is 4.79 Å². The van der Waals surface area contributed by atoms with Crippen LogP contribution in [0.2, 0.25) is 0 Å². The maximum absolute atomic E-state index is 12.3. The molecule has 0 aliphatic rings. The van der Waals surface area contributed by atoms with E-state index >= 15 is 0 Å². The van der Waals surface area contributed by atoms with Crippen LogP contribution >= 0.6 is 11.8 Å². The van der Waals surface area contributed by atoms with Crippen LogP contribution < -0.4 is 5.32 Å². The van der Waals surface area contributed by atoms with Crippen molar-refractivity contribution in [3.05, 3.63) is 54.0 Å². The minimum Gasteiger partial charge on any atom is -0.469 e. The van der Waals surface area contributed by atoms with Gasteiger partial charge in [0.05, 0.1) is 17.4 Å². The van der Waals surface area contributed by atoms with Gasteiger partial charge in [-0.1, -0.05) is 19.1 Å². The molecule has 0 radical (unpaired) electrons. The van der Waals surface area contributed by atoms with Gasteiger partial charge in [-0.2, -0.15) is 0 Å². The summed E-state index contributed by atoms with van der Waals surface area (Å²) in [4.78, 5) is 13.3. The van der Waals surface area contributed by atoms with E-state index in [-0.39, 0.29) is 12.5 Å². The summed E-state index contributed by atoms with van der Waals surface area (Å²) < 4.78 is 5.24. The van der Waals surface area contributed by atoms with E-state index in [2.05, 4.69) is 5.32 Å². The zero-order chi connectivity index (χ0) is 16.0. The van der Waals surface area contributed by atoms with Gasteiger partial charge in [0.15, 0.2) is 0 Å². The highest BCUT2D eigenvalue weighted by Gasteiger charge is 2.24. The standard InChI is InChI=1S/C17H21NO3S/c1-3-22-15-9-5-4-8-14(15)16(19)18-12-17(2,20)11-13-7-6-10-21-13/h4-10,20H,3,11-12H2,1-2H3,(H,18,19)/t17-/m1/s1. The Kier molecular flexibility index (Phi) is 5.69. The number of amides is 1. The van der Waals surface area contributed by atoms with Gasteiger partial charge in [0.2, 0.25) is 0 Å². The summed E-state index contributed by atoms with van der Waals surface area (Å²) in [7, 11) is 0. The van der Waals surface area contributed by atoms with Crippen LogP contribution in [-0.2, 0) is 6.42 Å². The summed E-state index contributed by atoms with van der Waals surface area (Å²) in [5, 5.41) is 13.2. The van der Waals surface area contributed by atoms with Crippen molar-refractivity contribution in [2.24, 2.45) is 0 Å². The molecule has 2 N–H and O–H groups in total. The highest BCUT2D eigenvalue weighted by molar-refractivity contribution is 7.99. The predicted octanol–water partition coefficient (Wildman–Crippen LogP) is 3.12. The van der Waals surface area contributed by atoms with Crippen molar-refractivity contribution in [1.29, 1.82) is 0 Å². The number of thioether (sulfide) groups is 1. The average Bonchev–Trinajstić information content (AvgIpc) is 2.98. The average molecular weight is 319 g/mol. The van der Waals surface area contributed by atoms with Crippen LogP contribution in [-0.4, -0.2) is 28.9 Å². The number of nitrogens with one attached hydrogen (secondary N) is 1. The molecule has 0 saturated carbocycles. The van der Waals surface area contributed by atoms with Crippen LogP contribution in [0.5, 0.6) is 0 Å². The number of furan rings is 1. The van der Waals surface area contributed by atoms with Gasteiger partial charge in [0.1, 0.15) is 5.76 Å². The van der Waals surface area contributed by atoms with Gasteiger partial charge in [0, 0.05) is 17.9 Å². The van der Waals surface area contributed by atoms with Crippen LogP contribution in [0.15, 0.2) is 52.0 Å². The number of hydrogen-bond acceptors (Lipinski definition) is 4. The molecule has 22 heavy (non-hydrogen) atoms. The Balaban J connectivity index is 1.97. The number of carbonyl (C=O) groups is 1. The molecular weight excluding hydrogens is 298 g/mol. The largest absolute Gasteiger partial charge is 0.469 e. The first-order valence-electron chi connectivity index (χ1n) is 7.26. The summed E-state index contributed by atoms with van der Waals surface area (Å²) in [6, 6.07) is 11.1. The van der Waals surface area contributed by atoms with E-state index in [1.165, 1.54) is 0 Å². The molecule has 0 unspecified atom stereocenters. The summed E-state index contributed by atoms with van der Waals surface area (Å²) in [6.45, 7) is 3.90. The van der Waals surface area contributed by atoms with E-state index < -0.39 is 5.60 Å². The molecule has 5 heteroatoms. The van der Waals surface area contributed by atoms with Crippen molar-refractivity contribution in [2.45, 2.75) is 30.8 Å². The molecular formula is C17H21NO3S. The first-order chi connectivity index (χ1) is 10.5. The second kappa shape index (κ2) is 7.51. The molecule has 1 amide bonds. The van der Waals surface area contributed by atoms with Crippen molar-refractivity contribution in [1.82, 2.24) is 5.32 Å². The molecule has 1 heterocycles. The molecule has 0 spiro atoms. The number of benzene rings is 1. The zero-order valence-corrected chi connectivity index (χ0v) is 13.7. The maximum Gasteiger partial charge on any atom is 0.252 e. The number of carbonyl (C=O) groups excluding carboxylic acids is 1. The number of hydrogen-bond donors (Lipinski definition) is 2. The van der Waals surface area contributed by atoms with E-state index in [0.717, 1.165) is 10.6 Å². The molecule has 4 nitrogen and oxygen atoms in total. The number of rotatable bonds is 7. The SMILES string of the molecule is CCSc1ccccc1C(=O)NC[C@](C)(O)Cc1ccco1. The Bertz CT molecular complexity index is 608. The van der Waals surface area contributed by atoms with Crippen LogP contribution in [0.4, 0.5) is 0 Å². The lowest BCUT2D eigenvalue weighted by molar-refractivity contribution is 0.0509. The Labute approximate surface area is 134 Å². The third kappa shape index (κ3) is 4.64. The Morgan fingerprint density at radius 3 is 2.77 bits per heavy atom. The van der Waals surface area contributed by atoms with E-state index in [0.29, 0.717) is 17.7 Å². The van der Waals surface area contributed by atoms with E-state index in [9.17, 15) is 9.90 Å². The lowest BCUT2D eigenvalue weighted by atomic mass is 10.0. The fourth-order valence-electron chi connectivity index (χ4n) is 2.15. The quantitative estimate of drug-likeness (QED) is 0.770. The highest BCUT2D eigenvalue weighted by Crippen LogP contribution is 2.22.